The predicted molar refractivity (Wildman–Crippen MR) is 76.9 cm³/mol. The van der Waals surface area contributed by atoms with Gasteiger partial charge in [-0.3, -0.25) is 4.90 Å². The van der Waals surface area contributed by atoms with Gasteiger partial charge in [0, 0.05) is 18.6 Å². The zero-order chi connectivity index (χ0) is 13.9. The molecule has 1 saturated carbocycles. The van der Waals surface area contributed by atoms with Crippen molar-refractivity contribution >= 4 is 0 Å². The van der Waals surface area contributed by atoms with E-state index in [4.69, 9.17) is 4.42 Å². The average molecular weight is 265 g/mol. The maximum Gasteiger partial charge on any atom is 0.118 e. The first-order valence-corrected chi connectivity index (χ1v) is 7.38. The van der Waals surface area contributed by atoms with Gasteiger partial charge in [-0.1, -0.05) is 19.8 Å². The molecule has 1 aliphatic rings. The molecule has 3 nitrogen and oxygen atoms in total. The molecule has 1 aromatic heterocycles. The second-order valence-electron chi connectivity index (χ2n) is 6.53. The maximum absolute atomic E-state index is 9.80. The Balaban J connectivity index is 1.90. The lowest BCUT2D eigenvalue weighted by molar-refractivity contribution is 0.0330. The summed E-state index contributed by atoms with van der Waals surface area (Å²) in [5, 5.41) is 9.80. The number of furan rings is 1. The zero-order valence-corrected chi connectivity index (χ0v) is 12.5. The van der Waals surface area contributed by atoms with E-state index in [-0.39, 0.29) is 5.41 Å². The van der Waals surface area contributed by atoms with E-state index in [0.29, 0.717) is 6.61 Å². The molecule has 0 bridgehead atoms. The lowest BCUT2D eigenvalue weighted by Crippen LogP contribution is -2.40. The fourth-order valence-corrected chi connectivity index (χ4v) is 3.21. The number of aryl methyl sites for hydroxylation is 1. The van der Waals surface area contributed by atoms with Crippen molar-refractivity contribution in [2.24, 2.45) is 11.3 Å². The third-order valence-corrected chi connectivity index (χ3v) is 4.50. The molecule has 0 spiro atoms. The Morgan fingerprint density at radius 2 is 2.05 bits per heavy atom. The fourth-order valence-electron chi connectivity index (χ4n) is 3.21. The molecule has 1 fully saturated rings. The molecule has 0 saturated heterocycles. The Morgan fingerprint density at radius 3 is 2.58 bits per heavy atom. The Bertz CT molecular complexity index is 391. The molecule has 1 aliphatic carbocycles. The Kier molecular flexibility index (Phi) is 4.69. The molecule has 0 aliphatic heterocycles. The number of aliphatic hydroxyl groups is 1. The maximum atomic E-state index is 9.80. The summed E-state index contributed by atoms with van der Waals surface area (Å²) in [6, 6.07) is 4.05. The summed E-state index contributed by atoms with van der Waals surface area (Å²) in [4.78, 5) is 2.28. The first kappa shape index (κ1) is 14.6. The SMILES string of the molecule is Cc1ccc(CN(C)CC2(CO)CCC(C)CC2)o1. The monoisotopic (exact) mass is 265 g/mol. The molecular formula is C16H27NO2. The summed E-state index contributed by atoms with van der Waals surface area (Å²) in [6.45, 7) is 6.38. The van der Waals surface area contributed by atoms with Gasteiger partial charge in [0.05, 0.1) is 6.54 Å². The van der Waals surface area contributed by atoms with E-state index in [2.05, 4.69) is 18.9 Å². The van der Waals surface area contributed by atoms with Crippen molar-refractivity contribution < 1.29 is 9.52 Å². The predicted octanol–water partition coefficient (Wildman–Crippen LogP) is 3.21. The van der Waals surface area contributed by atoms with E-state index in [1.165, 1.54) is 12.8 Å². The highest BCUT2D eigenvalue weighted by atomic mass is 16.3. The van der Waals surface area contributed by atoms with Crippen LogP contribution in [-0.2, 0) is 6.54 Å². The highest BCUT2D eigenvalue weighted by Crippen LogP contribution is 2.39. The van der Waals surface area contributed by atoms with E-state index in [1.807, 2.05) is 19.1 Å². The van der Waals surface area contributed by atoms with Gasteiger partial charge >= 0.3 is 0 Å². The largest absolute Gasteiger partial charge is 0.465 e. The van der Waals surface area contributed by atoms with E-state index in [9.17, 15) is 5.11 Å². The van der Waals surface area contributed by atoms with Crippen molar-refractivity contribution in [1.29, 1.82) is 0 Å². The highest BCUT2D eigenvalue weighted by molar-refractivity contribution is 5.05. The molecule has 0 atom stereocenters. The first-order chi connectivity index (χ1) is 9.03. The van der Waals surface area contributed by atoms with E-state index in [1.54, 1.807) is 0 Å². The van der Waals surface area contributed by atoms with Crippen molar-refractivity contribution in [3.05, 3.63) is 23.7 Å². The van der Waals surface area contributed by atoms with Crippen LogP contribution >= 0.6 is 0 Å². The second kappa shape index (κ2) is 6.10. The minimum Gasteiger partial charge on any atom is -0.465 e. The van der Waals surface area contributed by atoms with Gasteiger partial charge in [-0.2, -0.15) is 0 Å². The van der Waals surface area contributed by atoms with Crippen LogP contribution < -0.4 is 0 Å². The van der Waals surface area contributed by atoms with Crippen molar-refractivity contribution in [3.63, 3.8) is 0 Å². The van der Waals surface area contributed by atoms with Crippen LogP contribution in [0.2, 0.25) is 0 Å². The first-order valence-electron chi connectivity index (χ1n) is 7.38. The molecule has 108 valence electrons. The van der Waals surface area contributed by atoms with E-state index >= 15 is 0 Å². The summed E-state index contributed by atoms with van der Waals surface area (Å²) < 4.78 is 5.62. The van der Waals surface area contributed by atoms with Gasteiger partial charge in [0.25, 0.3) is 0 Å². The minimum atomic E-state index is 0.100. The van der Waals surface area contributed by atoms with Crippen LogP contribution in [0, 0.1) is 18.3 Å². The normalized spacial score (nSPS) is 27.9. The summed E-state index contributed by atoms with van der Waals surface area (Å²) in [5.74, 6) is 2.79. The van der Waals surface area contributed by atoms with Gasteiger partial charge in [0.15, 0.2) is 0 Å². The van der Waals surface area contributed by atoms with Crippen molar-refractivity contribution in [3.8, 4) is 0 Å². The minimum absolute atomic E-state index is 0.100. The second-order valence-corrected chi connectivity index (χ2v) is 6.53. The van der Waals surface area contributed by atoms with Crippen LogP contribution in [0.15, 0.2) is 16.5 Å². The summed E-state index contributed by atoms with van der Waals surface area (Å²) >= 11 is 0. The smallest absolute Gasteiger partial charge is 0.118 e. The van der Waals surface area contributed by atoms with Crippen LogP contribution in [0.5, 0.6) is 0 Å². The van der Waals surface area contributed by atoms with Crippen molar-refractivity contribution in [1.82, 2.24) is 4.90 Å². The molecule has 2 rings (SSSR count). The van der Waals surface area contributed by atoms with Gasteiger partial charge < -0.3 is 9.52 Å². The van der Waals surface area contributed by atoms with Crippen molar-refractivity contribution in [2.75, 3.05) is 20.2 Å². The fraction of sp³-hybridized carbons (Fsp3) is 0.750. The molecule has 3 heteroatoms. The van der Waals surface area contributed by atoms with Crippen LogP contribution in [0.25, 0.3) is 0 Å². The molecule has 0 aromatic carbocycles. The summed E-state index contributed by atoms with van der Waals surface area (Å²) in [5.41, 5.74) is 0.100. The number of rotatable bonds is 5. The Labute approximate surface area is 116 Å². The number of aliphatic hydroxyl groups excluding tert-OH is 1. The van der Waals surface area contributed by atoms with Gasteiger partial charge in [-0.15, -0.1) is 0 Å². The van der Waals surface area contributed by atoms with Crippen LogP contribution in [0.3, 0.4) is 0 Å². The quantitative estimate of drug-likeness (QED) is 0.888. The molecule has 1 heterocycles. The van der Waals surface area contributed by atoms with Crippen LogP contribution in [-0.4, -0.2) is 30.2 Å². The zero-order valence-electron chi connectivity index (χ0n) is 12.5. The molecule has 1 N–H and O–H groups in total. The standard InChI is InChI=1S/C16H27NO2/c1-13-6-8-16(12-18,9-7-13)11-17(3)10-15-5-4-14(2)19-15/h4-5,13,18H,6-12H2,1-3H3. The average Bonchev–Trinajstić information content (AvgIpc) is 2.78. The third kappa shape index (κ3) is 3.83. The summed E-state index contributed by atoms with van der Waals surface area (Å²) in [6.07, 6.45) is 4.78. The highest BCUT2D eigenvalue weighted by Gasteiger charge is 2.34. The summed E-state index contributed by atoms with van der Waals surface area (Å²) in [7, 11) is 2.12. The Hall–Kier alpha value is -0.800. The van der Waals surface area contributed by atoms with Gasteiger partial charge in [-0.05, 0) is 44.9 Å². The topological polar surface area (TPSA) is 36.6 Å². The van der Waals surface area contributed by atoms with Crippen LogP contribution in [0.4, 0.5) is 0 Å². The van der Waals surface area contributed by atoms with Crippen molar-refractivity contribution in [2.45, 2.75) is 46.1 Å². The molecule has 0 amide bonds. The third-order valence-electron chi connectivity index (χ3n) is 4.50. The van der Waals surface area contributed by atoms with Gasteiger partial charge in [-0.25, -0.2) is 0 Å². The molecule has 19 heavy (non-hydrogen) atoms. The molecule has 1 aromatic rings. The molecular weight excluding hydrogens is 238 g/mol. The van der Waals surface area contributed by atoms with Crippen LogP contribution in [0.1, 0.15) is 44.1 Å². The van der Waals surface area contributed by atoms with Gasteiger partial charge in [0.1, 0.15) is 11.5 Å². The van der Waals surface area contributed by atoms with Gasteiger partial charge in [0.2, 0.25) is 0 Å². The molecule has 0 radical (unpaired) electrons. The van der Waals surface area contributed by atoms with E-state index in [0.717, 1.165) is 43.4 Å². The van der Waals surface area contributed by atoms with E-state index < -0.39 is 0 Å². The number of hydrogen-bond donors (Lipinski definition) is 1. The Morgan fingerprint density at radius 1 is 1.37 bits per heavy atom. The lowest BCUT2D eigenvalue weighted by Gasteiger charge is -2.40. The molecule has 0 unspecified atom stereocenters. The number of nitrogens with zero attached hydrogens (tertiary/aromatic N) is 1. The number of hydrogen-bond acceptors (Lipinski definition) is 3. The lowest BCUT2D eigenvalue weighted by atomic mass is 9.71.